The second-order valence-corrected chi connectivity index (χ2v) is 3.34. The third-order valence-electron chi connectivity index (χ3n) is 2.15. The Labute approximate surface area is 80.0 Å². The first-order valence-electron chi connectivity index (χ1n) is 5.00. The first-order chi connectivity index (χ1) is 6.27. The first kappa shape index (κ1) is 10.3. The lowest BCUT2D eigenvalue weighted by molar-refractivity contribution is 0.592. The highest BCUT2D eigenvalue weighted by molar-refractivity contribution is 5.01. The SMILES string of the molecule is CCc1nc(C)cn1CCCCN. The number of aromatic nitrogens is 2. The van der Waals surface area contributed by atoms with E-state index in [1.807, 2.05) is 6.92 Å². The van der Waals surface area contributed by atoms with Gasteiger partial charge in [-0.05, 0) is 26.3 Å². The molecule has 2 N–H and O–H groups in total. The molecule has 0 amide bonds. The van der Waals surface area contributed by atoms with Gasteiger partial charge in [0.25, 0.3) is 0 Å². The average Bonchev–Trinajstić information content (AvgIpc) is 2.47. The van der Waals surface area contributed by atoms with Crippen LogP contribution in [-0.2, 0) is 13.0 Å². The van der Waals surface area contributed by atoms with Crippen molar-refractivity contribution in [3.63, 3.8) is 0 Å². The zero-order valence-corrected chi connectivity index (χ0v) is 8.58. The summed E-state index contributed by atoms with van der Waals surface area (Å²) in [4.78, 5) is 4.44. The van der Waals surface area contributed by atoms with Crippen molar-refractivity contribution >= 4 is 0 Å². The van der Waals surface area contributed by atoms with Gasteiger partial charge in [0, 0.05) is 19.2 Å². The van der Waals surface area contributed by atoms with E-state index in [-0.39, 0.29) is 0 Å². The van der Waals surface area contributed by atoms with E-state index in [0.717, 1.165) is 38.0 Å². The zero-order valence-electron chi connectivity index (χ0n) is 8.58. The van der Waals surface area contributed by atoms with Crippen LogP contribution < -0.4 is 5.73 Å². The van der Waals surface area contributed by atoms with E-state index in [2.05, 4.69) is 22.7 Å². The molecule has 0 aromatic carbocycles. The minimum atomic E-state index is 0.787. The van der Waals surface area contributed by atoms with Crippen LogP contribution in [0.1, 0.15) is 31.3 Å². The van der Waals surface area contributed by atoms with Crippen LogP contribution in [0.4, 0.5) is 0 Å². The van der Waals surface area contributed by atoms with Crippen molar-refractivity contribution in [1.29, 1.82) is 0 Å². The molecule has 3 heteroatoms. The summed E-state index contributed by atoms with van der Waals surface area (Å²) >= 11 is 0. The lowest BCUT2D eigenvalue weighted by Gasteiger charge is -2.04. The Hall–Kier alpha value is -0.830. The summed E-state index contributed by atoms with van der Waals surface area (Å²) in [7, 11) is 0. The van der Waals surface area contributed by atoms with Gasteiger partial charge in [0.15, 0.2) is 0 Å². The summed E-state index contributed by atoms with van der Waals surface area (Å²) in [5.74, 6) is 1.19. The normalized spacial score (nSPS) is 10.7. The van der Waals surface area contributed by atoms with Gasteiger partial charge in [-0.2, -0.15) is 0 Å². The van der Waals surface area contributed by atoms with Gasteiger partial charge < -0.3 is 10.3 Å². The Balaban J connectivity index is 2.53. The molecule has 0 aliphatic heterocycles. The van der Waals surface area contributed by atoms with E-state index in [0.29, 0.717) is 0 Å². The molecule has 0 fully saturated rings. The molecule has 3 nitrogen and oxygen atoms in total. The summed E-state index contributed by atoms with van der Waals surface area (Å²) in [6.07, 6.45) is 5.38. The number of rotatable bonds is 5. The molecule has 74 valence electrons. The highest BCUT2D eigenvalue weighted by atomic mass is 15.1. The number of imidazole rings is 1. The standard InChI is InChI=1S/C10H19N3/c1-3-10-12-9(2)8-13(10)7-5-4-6-11/h8H,3-7,11H2,1-2H3. The lowest BCUT2D eigenvalue weighted by Crippen LogP contribution is -2.05. The van der Waals surface area contributed by atoms with Crippen molar-refractivity contribution in [2.24, 2.45) is 5.73 Å². The minimum absolute atomic E-state index is 0.787. The molecular weight excluding hydrogens is 162 g/mol. The molecule has 0 unspecified atom stereocenters. The largest absolute Gasteiger partial charge is 0.335 e. The molecule has 0 saturated carbocycles. The summed E-state index contributed by atoms with van der Waals surface area (Å²) in [5, 5.41) is 0. The third kappa shape index (κ3) is 2.84. The van der Waals surface area contributed by atoms with Crippen LogP contribution in [-0.4, -0.2) is 16.1 Å². The van der Waals surface area contributed by atoms with Gasteiger partial charge >= 0.3 is 0 Å². The van der Waals surface area contributed by atoms with Crippen LogP contribution in [0.15, 0.2) is 6.20 Å². The fourth-order valence-electron chi connectivity index (χ4n) is 1.50. The lowest BCUT2D eigenvalue weighted by atomic mass is 10.3. The Morgan fingerprint density at radius 2 is 2.23 bits per heavy atom. The van der Waals surface area contributed by atoms with E-state index in [9.17, 15) is 0 Å². The number of aryl methyl sites for hydroxylation is 3. The van der Waals surface area contributed by atoms with E-state index >= 15 is 0 Å². The van der Waals surface area contributed by atoms with Gasteiger partial charge in [-0.1, -0.05) is 6.92 Å². The molecule has 0 atom stereocenters. The molecule has 1 rings (SSSR count). The van der Waals surface area contributed by atoms with Crippen molar-refractivity contribution in [1.82, 2.24) is 9.55 Å². The summed E-state index contributed by atoms with van der Waals surface area (Å²) in [6.45, 7) is 6.02. The minimum Gasteiger partial charge on any atom is -0.335 e. The number of nitrogens with zero attached hydrogens (tertiary/aromatic N) is 2. The van der Waals surface area contributed by atoms with Gasteiger partial charge in [0.2, 0.25) is 0 Å². The molecule has 1 aromatic heterocycles. The third-order valence-corrected chi connectivity index (χ3v) is 2.15. The first-order valence-corrected chi connectivity index (χ1v) is 5.00. The van der Waals surface area contributed by atoms with Crippen LogP contribution >= 0.6 is 0 Å². The predicted molar refractivity (Wildman–Crippen MR) is 54.6 cm³/mol. The summed E-state index contributed by atoms with van der Waals surface area (Å²) < 4.78 is 2.24. The molecule has 0 radical (unpaired) electrons. The van der Waals surface area contributed by atoms with Crippen molar-refractivity contribution in [3.05, 3.63) is 17.7 Å². The Kier molecular flexibility index (Phi) is 3.96. The molecule has 0 spiro atoms. The molecule has 0 bridgehead atoms. The second-order valence-electron chi connectivity index (χ2n) is 3.34. The summed E-state index contributed by atoms with van der Waals surface area (Å²) in [5.41, 5.74) is 6.56. The molecule has 13 heavy (non-hydrogen) atoms. The van der Waals surface area contributed by atoms with Crippen molar-refractivity contribution in [2.45, 2.75) is 39.7 Å². The van der Waals surface area contributed by atoms with Crippen LogP contribution in [0.3, 0.4) is 0 Å². The quantitative estimate of drug-likeness (QED) is 0.699. The maximum atomic E-state index is 5.44. The van der Waals surface area contributed by atoms with Crippen LogP contribution in [0.5, 0.6) is 0 Å². The van der Waals surface area contributed by atoms with Crippen LogP contribution in [0, 0.1) is 6.92 Å². The van der Waals surface area contributed by atoms with Crippen molar-refractivity contribution < 1.29 is 0 Å². The van der Waals surface area contributed by atoms with Crippen molar-refractivity contribution in [2.75, 3.05) is 6.54 Å². The monoisotopic (exact) mass is 181 g/mol. The highest BCUT2D eigenvalue weighted by Gasteiger charge is 2.01. The van der Waals surface area contributed by atoms with E-state index in [4.69, 9.17) is 5.73 Å². The second kappa shape index (κ2) is 5.02. The number of nitrogens with two attached hydrogens (primary N) is 1. The Morgan fingerprint density at radius 3 is 2.85 bits per heavy atom. The van der Waals surface area contributed by atoms with E-state index in [1.165, 1.54) is 5.82 Å². The van der Waals surface area contributed by atoms with E-state index in [1.54, 1.807) is 0 Å². The topological polar surface area (TPSA) is 43.8 Å². The molecular formula is C10H19N3. The van der Waals surface area contributed by atoms with Crippen LogP contribution in [0.2, 0.25) is 0 Å². The molecule has 1 heterocycles. The van der Waals surface area contributed by atoms with Gasteiger partial charge in [-0.3, -0.25) is 0 Å². The maximum Gasteiger partial charge on any atom is 0.108 e. The van der Waals surface area contributed by atoms with Gasteiger partial charge in [-0.15, -0.1) is 0 Å². The Morgan fingerprint density at radius 1 is 1.46 bits per heavy atom. The molecule has 1 aromatic rings. The highest BCUT2D eigenvalue weighted by Crippen LogP contribution is 2.05. The predicted octanol–water partition coefficient (Wildman–Crippen LogP) is 1.49. The molecule has 0 aliphatic carbocycles. The number of hydrogen-bond donors (Lipinski definition) is 1. The average molecular weight is 181 g/mol. The molecule has 0 saturated heterocycles. The van der Waals surface area contributed by atoms with Crippen LogP contribution in [0.25, 0.3) is 0 Å². The summed E-state index contributed by atoms with van der Waals surface area (Å²) in [6, 6.07) is 0. The number of unbranched alkanes of at least 4 members (excludes halogenated alkanes) is 1. The van der Waals surface area contributed by atoms with Crippen molar-refractivity contribution in [3.8, 4) is 0 Å². The zero-order chi connectivity index (χ0) is 9.68. The fourth-order valence-corrected chi connectivity index (χ4v) is 1.50. The van der Waals surface area contributed by atoms with Gasteiger partial charge in [-0.25, -0.2) is 4.98 Å². The van der Waals surface area contributed by atoms with E-state index < -0.39 is 0 Å². The fraction of sp³-hybridized carbons (Fsp3) is 0.700. The van der Waals surface area contributed by atoms with Gasteiger partial charge in [0.1, 0.15) is 5.82 Å². The number of hydrogen-bond acceptors (Lipinski definition) is 2. The Bertz CT molecular complexity index is 253. The molecule has 0 aliphatic rings. The van der Waals surface area contributed by atoms with Gasteiger partial charge in [0.05, 0.1) is 5.69 Å². The smallest absolute Gasteiger partial charge is 0.108 e. The maximum absolute atomic E-state index is 5.44.